The summed E-state index contributed by atoms with van der Waals surface area (Å²) in [5.74, 6) is 0.222. The van der Waals surface area contributed by atoms with Crippen LogP contribution in [0.5, 0.6) is 0 Å². The first kappa shape index (κ1) is 15.9. The van der Waals surface area contributed by atoms with Crippen molar-refractivity contribution < 1.29 is 13.2 Å². The van der Waals surface area contributed by atoms with Gasteiger partial charge in [0.25, 0.3) is 0 Å². The van der Waals surface area contributed by atoms with Gasteiger partial charge in [0, 0.05) is 25.8 Å². The topological polar surface area (TPSA) is 67.4 Å². The van der Waals surface area contributed by atoms with E-state index in [-0.39, 0.29) is 5.75 Å². The van der Waals surface area contributed by atoms with Crippen LogP contribution in [0.15, 0.2) is 0 Å². The number of hydrogen-bond donors (Lipinski definition) is 2. The zero-order chi connectivity index (χ0) is 13.3. The van der Waals surface area contributed by atoms with Crippen LogP contribution in [0.25, 0.3) is 0 Å². The molecule has 0 spiro atoms. The number of piperidine rings is 1. The molecule has 1 unspecified atom stereocenters. The summed E-state index contributed by atoms with van der Waals surface area (Å²) in [6.45, 7) is 4.72. The van der Waals surface area contributed by atoms with Crippen molar-refractivity contribution in [1.29, 1.82) is 0 Å². The van der Waals surface area contributed by atoms with Crippen LogP contribution in [-0.4, -0.2) is 46.5 Å². The van der Waals surface area contributed by atoms with Gasteiger partial charge in [-0.1, -0.05) is 6.42 Å². The molecule has 1 aliphatic heterocycles. The highest BCUT2D eigenvalue weighted by atomic mass is 32.2. The second kappa shape index (κ2) is 8.85. The van der Waals surface area contributed by atoms with Crippen molar-refractivity contribution in [1.82, 2.24) is 10.0 Å². The molecular weight excluding hydrogens is 252 g/mol. The molecule has 0 bridgehead atoms. The fourth-order valence-corrected chi connectivity index (χ4v) is 3.28. The summed E-state index contributed by atoms with van der Waals surface area (Å²) < 4.78 is 31.2. The fraction of sp³-hybridized carbons (Fsp3) is 1.00. The number of ether oxygens (including phenoxy) is 1. The van der Waals surface area contributed by atoms with Crippen molar-refractivity contribution in [2.45, 2.75) is 45.1 Å². The molecule has 108 valence electrons. The third kappa shape index (κ3) is 7.31. The van der Waals surface area contributed by atoms with Crippen molar-refractivity contribution in [3.05, 3.63) is 0 Å². The van der Waals surface area contributed by atoms with E-state index < -0.39 is 10.0 Å². The zero-order valence-electron chi connectivity index (χ0n) is 11.3. The Morgan fingerprint density at radius 3 is 2.89 bits per heavy atom. The quantitative estimate of drug-likeness (QED) is 0.614. The summed E-state index contributed by atoms with van der Waals surface area (Å²) in [6.07, 6.45) is 4.95. The van der Waals surface area contributed by atoms with Gasteiger partial charge in [-0.25, -0.2) is 13.1 Å². The maximum Gasteiger partial charge on any atom is 0.211 e. The molecule has 1 heterocycles. The van der Waals surface area contributed by atoms with Crippen LogP contribution in [0.1, 0.15) is 39.0 Å². The average molecular weight is 278 g/mol. The molecule has 0 saturated carbocycles. The predicted molar refractivity (Wildman–Crippen MR) is 73.2 cm³/mol. The van der Waals surface area contributed by atoms with Crippen molar-refractivity contribution in [2.24, 2.45) is 0 Å². The average Bonchev–Trinajstić information content (AvgIpc) is 2.38. The molecule has 0 aliphatic carbocycles. The molecule has 1 rings (SSSR count). The molecule has 0 radical (unpaired) electrons. The lowest BCUT2D eigenvalue weighted by Gasteiger charge is -2.23. The Labute approximate surface area is 111 Å². The van der Waals surface area contributed by atoms with Gasteiger partial charge in [-0.2, -0.15) is 0 Å². The number of rotatable bonds is 9. The van der Waals surface area contributed by atoms with E-state index in [4.69, 9.17) is 4.74 Å². The third-order valence-electron chi connectivity index (χ3n) is 3.14. The Bertz CT molecular complexity index is 300. The van der Waals surface area contributed by atoms with Crippen LogP contribution in [0.3, 0.4) is 0 Å². The maximum atomic E-state index is 11.7. The summed E-state index contributed by atoms with van der Waals surface area (Å²) in [5.41, 5.74) is 0. The lowest BCUT2D eigenvalue weighted by atomic mass is 10.0. The Hall–Kier alpha value is -0.170. The normalized spacial score (nSPS) is 21.1. The zero-order valence-corrected chi connectivity index (χ0v) is 12.1. The highest BCUT2D eigenvalue weighted by Gasteiger charge is 2.16. The van der Waals surface area contributed by atoms with Crippen molar-refractivity contribution in [2.75, 3.05) is 32.1 Å². The summed E-state index contributed by atoms with van der Waals surface area (Å²) in [6, 6.07) is 0.374. The molecule has 0 amide bonds. The van der Waals surface area contributed by atoms with Gasteiger partial charge in [0.05, 0.1) is 5.75 Å². The molecule has 5 nitrogen and oxygen atoms in total. The van der Waals surface area contributed by atoms with Crippen LogP contribution in [-0.2, 0) is 14.8 Å². The van der Waals surface area contributed by atoms with Gasteiger partial charge in [0.15, 0.2) is 0 Å². The van der Waals surface area contributed by atoms with Crippen LogP contribution in [0.4, 0.5) is 0 Å². The Kier molecular flexibility index (Phi) is 7.81. The first-order valence-corrected chi connectivity index (χ1v) is 8.58. The van der Waals surface area contributed by atoms with Gasteiger partial charge in [-0.15, -0.1) is 0 Å². The summed E-state index contributed by atoms with van der Waals surface area (Å²) >= 11 is 0. The first-order chi connectivity index (χ1) is 8.64. The van der Waals surface area contributed by atoms with E-state index in [1.165, 1.54) is 12.8 Å². The monoisotopic (exact) mass is 278 g/mol. The van der Waals surface area contributed by atoms with Gasteiger partial charge >= 0.3 is 0 Å². The van der Waals surface area contributed by atoms with Crippen molar-refractivity contribution in [3.8, 4) is 0 Å². The molecule has 18 heavy (non-hydrogen) atoms. The lowest BCUT2D eigenvalue weighted by Crippen LogP contribution is -2.37. The van der Waals surface area contributed by atoms with E-state index >= 15 is 0 Å². The summed E-state index contributed by atoms with van der Waals surface area (Å²) in [5, 5.41) is 3.36. The fourth-order valence-electron chi connectivity index (χ4n) is 2.09. The first-order valence-electron chi connectivity index (χ1n) is 6.92. The van der Waals surface area contributed by atoms with Gasteiger partial charge < -0.3 is 10.1 Å². The molecule has 1 atom stereocenters. The maximum absolute atomic E-state index is 11.7. The van der Waals surface area contributed by atoms with E-state index in [1.54, 1.807) is 0 Å². The van der Waals surface area contributed by atoms with Crippen molar-refractivity contribution >= 4 is 10.0 Å². The van der Waals surface area contributed by atoms with Crippen molar-refractivity contribution in [3.63, 3.8) is 0 Å². The van der Waals surface area contributed by atoms with Crippen LogP contribution >= 0.6 is 0 Å². The van der Waals surface area contributed by atoms with Crippen LogP contribution in [0.2, 0.25) is 0 Å². The second-order valence-corrected chi connectivity index (χ2v) is 6.63. The SMILES string of the molecule is CCOCCCNS(=O)(=O)CCC1CCCCN1. The van der Waals surface area contributed by atoms with Crippen LogP contribution in [0, 0.1) is 0 Å². The minimum atomic E-state index is -3.11. The third-order valence-corrected chi connectivity index (χ3v) is 4.56. The second-order valence-electron chi connectivity index (χ2n) is 4.70. The number of nitrogens with one attached hydrogen (secondary N) is 2. The van der Waals surface area contributed by atoms with Crippen LogP contribution < -0.4 is 10.0 Å². The van der Waals surface area contributed by atoms with E-state index in [1.807, 2.05) is 6.92 Å². The Morgan fingerprint density at radius 2 is 2.22 bits per heavy atom. The molecule has 1 saturated heterocycles. The largest absolute Gasteiger partial charge is 0.382 e. The molecule has 0 aromatic carbocycles. The smallest absolute Gasteiger partial charge is 0.211 e. The molecular formula is C12H26N2O3S. The molecule has 2 N–H and O–H groups in total. The molecule has 1 aliphatic rings. The standard InChI is InChI=1S/C12H26N2O3S/c1-2-17-10-5-9-14-18(15,16)11-7-12-6-3-4-8-13-12/h12-14H,2-11H2,1H3. The minimum Gasteiger partial charge on any atom is -0.382 e. The Morgan fingerprint density at radius 1 is 1.39 bits per heavy atom. The van der Waals surface area contributed by atoms with Gasteiger partial charge in [0.2, 0.25) is 10.0 Å². The molecule has 1 fully saturated rings. The van der Waals surface area contributed by atoms with Gasteiger partial charge in [-0.3, -0.25) is 0 Å². The lowest BCUT2D eigenvalue weighted by molar-refractivity contribution is 0.146. The van der Waals surface area contributed by atoms with E-state index in [9.17, 15) is 8.42 Å². The van der Waals surface area contributed by atoms with Gasteiger partial charge in [-0.05, 0) is 39.2 Å². The number of hydrogen-bond acceptors (Lipinski definition) is 4. The highest BCUT2D eigenvalue weighted by Crippen LogP contribution is 2.10. The summed E-state index contributed by atoms with van der Waals surface area (Å²) in [7, 11) is -3.11. The molecule has 6 heteroatoms. The molecule has 0 aromatic rings. The Balaban J connectivity index is 2.10. The minimum absolute atomic E-state index is 0.222. The van der Waals surface area contributed by atoms with E-state index in [0.717, 1.165) is 19.4 Å². The molecule has 0 aromatic heterocycles. The van der Waals surface area contributed by atoms with Gasteiger partial charge in [0.1, 0.15) is 0 Å². The summed E-state index contributed by atoms with van der Waals surface area (Å²) in [4.78, 5) is 0. The van der Waals surface area contributed by atoms with E-state index in [0.29, 0.717) is 32.2 Å². The van der Waals surface area contributed by atoms with E-state index in [2.05, 4.69) is 10.0 Å². The predicted octanol–water partition coefficient (Wildman–Crippen LogP) is 0.865. The number of sulfonamides is 1. The highest BCUT2D eigenvalue weighted by molar-refractivity contribution is 7.89.